The zero-order valence-electron chi connectivity index (χ0n) is 11.3. The van der Waals surface area contributed by atoms with Crippen LogP contribution in [0, 0.1) is 11.3 Å². The molecule has 2 amide bonds. The molecule has 0 aromatic carbocycles. The Morgan fingerprint density at radius 3 is 2.68 bits per heavy atom. The molecule has 0 radical (unpaired) electrons. The number of carbonyl (C=O) groups is 2. The number of hydrogen-bond donors (Lipinski definition) is 3. The Morgan fingerprint density at radius 1 is 1.47 bits per heavy atom. The van der Waals surface area contributed by atoms with E-state index < -0.39 is 11.4 Å². The van der Waals surface area contributed by atoms with Crippen molar-refractivity contribution in [1.29, 1.82) is 0 Å². The average Bonchev–Trinajstić information content (AvgIpc) is 2.80. The van der Waals surface area contributed by atoms with Gasteiger partial charge in [0.2, 0.25) is 0 Å². The molecular weight excluding hydrogens is 248 g/mol. The summed E-state index contributed by atoms with van der Waals surface area (Å²) in [5, 5.41) is 14.7. The van der Waals surface area contributed by atoms with Gasteiger partial charge in [-0.15, -0.1) is 0 Å². The van der Waals surface area contributed by atoms with Crippen molar-refractivity contribution in [3.8, 4) is 0 Å². The van der Waals surface area contributed by atoms with Gasteiger partial charge in [0.1, 0.15) is 0 Å². The highest BCUT2D eigenvalue weighted by atomic mass is 16.5. The minimum absolute atomic E-state index is 0.0460. The summed E-state index contributed by atoms with van der Waals surface area (Å²) in [4.78, 5) is 22.9. The number of amides is 2. The summed E-state index contributed by atoms with van der Waals surface area (Å²) in [5.74, 6) is -0.459. The Kier molecular flexibility index (Phi) is 4.29. The highest BCUT2D eigenvalue weighted by molar-refractivity contribution is 5.78. The van der Waals surface area contributed by atoms with E-state index in [1.807, 2.05) is 6.92 Å². The minimum Gasteiger partial charge on any atom is -0.481 e. The Morgan fingerprint density at radius 2 is 2.21 bits per heavy atom. The zero-order valence-corrected chi connectivity index (χ0v) is 11.3. The summed E-state index contributed by atoms with van der Waals surface area (Å²) in [7, 11) is 0. The van der Waals surface area contributed by atoms with Crippen molar-refractivity contribution in [2.24, 2.45) is 11.3 Å². The molecule has 19 heavy (non-hydrogen) atoms. The van der Waals surface area contributed by atoms with E-state index in [0.717, 1.165) is 19.4 Å². The first-order valence-corrected chi connectivity index (χ1v) is 6.89. The summed E-state index contributed by atoms with van der Waals surface area (Å²) in [6.45, 7) is 3.60. The first-order chi connectivity index (χ1) is 9.03. The van der Waals surface area contributed by atoms with Gasteiger partial charge in [0.25, 0.3) is 0 Å². The van der Waals surface area contributed by atoms with E-state index in [-0.39, 0.29) is 18.6 Å². The third kappa shape index (κ3) is 3.18. The summed E-state index contributed by atoms with van der Waals surface area (Å²) in [6.07, 6.45) is 3.18. The van der Waals surface area contributed by atoms with Crippen LogP contribution in [0.3, 0.4) is 0 Å². The van der Waals surface area contributed by atoms with E-state index in [4.69, 9.17) is 9.84 Å². The molecule has 2 unspecified atom stereocenters. The predicted octanol–water partition coefficient (Wildman–Crippen LogP) is 0.965. The van der Waals surface area contributed by atoms with Crippen molar-refractivity contribution in [1.82, 2.24) is 10.6 Å². The van der Waals surface area contributed by atoms with Crippen LogP contribution in [0.2, 0.25) is 0 Å². The van der Waals surface area contributed by atoms with Gasteiger partial charge in [0, 0.05) is 25.1 Å². The van der Waals surface area contributed by atoms with Crippen LogP contribution in [-0.2, 0) is 9.53 Å². The number of nitrogens with one attached hydrogen (secondary N) is 2. The van der Waals surface area contributed by atoms with Crippen molar-refractivity contribution in [2.45, 2.75) is 38.6 Å². The maximum absolute atomic E-state index is 11.8. The van der Waals surface area contributed by atoms with Gasteiger partial charge in [-0.05, 0) is 26.2 Å². The van der Waals surface area contributed by atoms with Crippen LogP contribution in [-0.4, -0.2) is 42.9 Å². The number of carboxylic acid groups (broad SMARTS) is 1. The van der Waals surface area contributed by atoms with Crippen molar-refractivity contribution < 1.29 is 19.4 Å². The topological polar surface area (TPSA) is 87.7 Å². The first kappa shape index (κ1) is 14.1. The van der Waals surface area contributed by atoms with Crippen LogP contribution in [0.15, 0.2) is 0 Å². The predicted molar refractivity (Wildman–Crippen MR) is 68.8 cm³/mol. The molecule has 2 rings (SSSR count). The van der Waals surface area contributed by atoms with Crippen LogP contribution < -0.4 is 10.6 Å². The molecule has 1 saturated heterocycles. The number of aliphatic carboxylic acids is 1. The molecule has 2 aliphatic rings. The van der Waals surface area contributed by atoms with Crippen LogP contribution in [0.25, 0.3) is 0 Å². The number of hydrogen-bond acceptors (Lipinski definition) is 3. The summed E-state index contributed by atoms with van der Waals surface area (Å²) in [5.41, 5.74) is -0.739. The molecular formula is C13H22N2O4. The van der Waals surface area contributed by atoms with Gasteiger partial charge in [-0.2, -0.15) is 0 Å². The number of rotatable bonds is 5. The summed E-state index contributed by atoms with van der Waals surface area (Å²) < 4.78 is 5.28. The summed E-state index contributed by atoms with van der Waals surface area (Å²) >= 11 is 0. The lowest BCUT2D eigenvalue weighted by atomic mass is 9.69. The molecule has 2 fully saturated rings. The monoisotopic (exact) mass is 270 g/mol. The molecule has 0 bridgehead atoms. The second-order valence-corrected chi connectivity index (χ2v) is 5.68. The molecule has 1 heterocycles. The van der Waals surface area contributed by atoms with E-state index in [1.54, 1.807) is 0 Å². The molecule has 1 aliphatic heterocycles. The van der Waals surface area contributed by atoms with Crippen LogP contribution in [0.4, 0.5) is 4.79 Å². The Balaban J connectivity index is 1.73. The Hall–Kier alpha value is -1.30. The van der Waals surface area contributed by atoms with E-state index in [2.05, 4.69) is 10.6 Å². The molecule has 2 atom stereocenters. The number of carboxylic acids is 1. The summed E-state index contributed by atoms with van der Waals surface area (Å²) in [6, 6.07) is -0.239. The molecule has 0 spiro atoms. The van der Waals surface area contributed by atoms with Crippen LogP contribution >= 0.6 is 0 Å². The lowest BCUT2D eigenvalue weighted by molar-refractivity contribution is -0.153. The standard InChI is InChI=1S/C13H22N2O4/c1-9(10-3-6-19-7-10)15-12(18)14-8-13(11(16)17)4-2-5-13/h9-10H,2-8H2,1H3,(H,16,17)(H2,14,15,18). The second-order valence-electron chi connectivity index (χ2n) is 5.68. The van der Waals surface area contributed by atoms with E-state index in [9.17, 15) is 9.59 Å². The molecule has 6 heteroatoms. The molecule has 1 saturated carbocycles. The quantitative estimate of drug-likeness (QED) is 0.694. The normalized spacial score (nSPS) is 26.3. The van der Waals surface area contributed by atoms with Gasteiger partial charge < -0.3 is 20.5 Å². The number of carbonyl (C=O) groups excluding carboxylic acids is 1. The highest BCUT2D eigenvalue weighted by Gasteiger charge is 2.44. The molecule has 1 aliphatic carbocycles. The van der Waals surface area contributed by atoms with E-state index in [0.29, 0.717) is 25.4 Å². The fraction of sp³-hybridized carbons (Fsp3) is 0.846. The van der Waals surface area contributed by atoms with E-state index in [1.165, 1.54) is 0 Å². The van der Waals surface area contributed by atoms with E-state index >= 15 is 0 Å². The van der Waals surface area contributed by atoms with Crippen LogP contribution in [0.5, 0.6) is 0 Å². The first-order valence-electron chi connectivity index (χ1n) is 6.89. The van der Waals surface area contributed by atoms with Crippen molar-refractivity contribution >= 4 is 12.0 Å². The lowest BCUT2D eigenvalue weighted by Gasteiger charge is -2.37. The SMILES string of the molecule is CC(NC(=O)NCC1(C(=O)O)CCC1)C1CCOC1. The average molecular weight is 270 g/mol. The third-order valence-corrected chi connectivity index (χ3v) is 4.38. The lowest BCUT2D eigenvalue weighted by Crippen LogP contribution is -2.51. The van der Waals surface area contributed by atoms with Gasteiger partial charge in [-0.25, -0.2) is 4.79 Å². The van der Waals surface area contributed by atoms with Gasteiger partial charge in [0.05, 0.1) is 12.0 Å². The van der Waals surface area contributed by atoms with Crippen LogP contribution in [0.1, 0.15) is 32.6 Å². The minimum atomic E-state index is -0.809. The van der Waals surface area contributed by atoms with Gasteiger partial charge in [-0.3, -0.25) is 4.79 Å². The van der Waals surface area contributed by atoms with Gasteiger partial charge in [-0.1, -0.05) is 6.42 Å². The van der Waals surface area contributed by atoms with Gasteiger partial charge in [0.15, 0.2) is 0 Å². The van der Waals surface area contributed by atoms with Crippen molar-refractivity contribution in [3.63, 3.8) is 0 Å². The second kappa shape index (κ2) is 5.77. The smallest absolute Gasteiger partial charge is 0.315 e. The van der Waals surface area contributed by atoms with Crippen molar-refractivity contribution in [2.75, 3.05) is 19.8 Å². The molecule has 0 aromatic heterocycles. The molecule has 108 valence electrons. The van der Waals surface area contributed by atoms with Gasteiger partial charge >= 0.3 is 12.0 Å². The maximum atomic E-state index is 11.8. The number of urea groups is 1. The number of ether oxygens (including phenoxy) is 1. The molecule has 6 nitrogen and oxygen atoms in total. The molecule has 0 aromatic rings. The third-order valence-electron chi connectivity index (χ3n) is 4.38. The zero-order chi connectivity index (χ0) is 13.9. The fourth-order valence-corrected chi connectivity index (χ4v) is 2.64. The fourth-order valence-electron chi connectivity index (χ4n) is 2.64. The molecule has 3 N–H and O–H groups in total. The highest BCUT2D eigenvalue weighted by Crippen LogP contribution is 2.40. The Labute approximate surface area is 112 Å². The maximum Gasteiger partial charge on any atom is 0.315 e. The Bertz CT molecular complexity index is 349. The largest absolute Gasteiger partial charge is 0.481 e. The van der Waals surface area contributed by atoms with Crippen molar-refractivity contribution in [3.05, 3.63) is 0 Å².